The molecule has 5 rings (SSSR count). The number of nitrogens with zero attached hydrogens (tertiary/aromatic N) is 6. The average molecular weight is 427 g/mol. The number of fused-ring (bicyclic) bond motifs is 2. The van der Waals surface area contributed by atoms with E-state index in [1.807, 2.05) is 19.3 Å². The van der Waals surface area contributed by atoms with E-state index in [1.54, 1.807) is 6.07 Å². The highest BCUT2D eigenvalue weighted by Crippen LogP contribution is 2.42. The quantitative estimate of drug-likeness (QED) is 0.748. The lowest BCUT2D eigenvalue weighted by Crippen LogP contribution is -2.53. The van der Waals surface area contributed by atoms with E-state index in [2.05, 4.69) is 24.9 Å². The van der Waals surface area contributed by atoms with Gasteiger partial charge in [-0.3, -0.25) is 9.69 Å². The van der Waals surface area contributed by atoms with Crippen molar-refractivity contribution in [2.45, 2.75) is 63.4 Å². The van der Waals surface area contributed by atoms with Gasteiger partial charge in [0.05, 0.1) is 31.1 Å². The van der Waals surface area contributed by atoms with Gasteiger partial charge in [0.15, 0.2) is 0 Å². The lowest BCUT2D eigenvalue weighted by atomic mass is 9.85. The molecule has 3 aliphatic heterocycles. The van der Waals surface area contributed by atoms with Crippen molar-refractivity contribution in [3.05, 3.63) is 46.1 Å². The largest absolute Gasteiger partial charge is 0.388 e. The van der Waals surface area contributed by atoms with E-state index in [-0.39, 0.29) is 12.1 Å². The number of aliphatic hydroxyl groups is 1. The van der Waals surface area contributed by atoms with E-state index in [1.165, 1.54) is 10.7 Å². The van der Waals surface area contributed by atoms with Crippen molar-refractivity contribution in [2.75, 3.05) is 31.2 Å². The summed E-state index contributed by atoms with van der Waals surface area (Å²) < 4.78 is 6.81. The minimum atomic E-state index is -0.899. The van der Waals surface area contributed by atoms with Gasteiger partial charge in [-0.1, -0.05) is 0 Å². The second kappa shape index (κ2) is 8.29. The monoisotopic (exact) mass is 426 g/mol. The van der Waals surface area contributed by atoms with Crippen molar-refractivity contribution in [2.24, 2.45) is 0 Å². The molecule has 166 valence electrons. The van der Waals surface area contributed by atoms with Gasteiger partial charge < -0.3 is 14.7 Å². The first kappa shape index (κ1) is 20.5. The number of aryl methyl sites for hydroxylation is 1. The van der Waals surface area contributed by atoms with E-state index in [9.17, 15) is 9.90 Å². The minimum absolute atomic E-state index is 0.161. The molecule has 1 N–H and O–H groups in total. The number of hydrogen-bond acceptors (Lipinski definition) is 8. The summed E-state index contributed by atoms with van der Waals surface area (Å²) in [5.74, 6) is 0.763. The molecule has 2 aromatic heterocycles. The third kappa shape index (κ3) is 4.35. The summed E-state index contributed by atoms with van der Waals surface area (Å²) in [5.41, 5.74) is 0.815. The van der Waals surface area contributed by atoms with Crippen LogP contribution in [-0.4, -0.2) is 73.7 Å². The van der Waals surface area contributed by atoms with E-state index < -0.39 is 5.60 Å². The third-order valence-corrected chi connectivity index (χ3v) is 6.80. The summed E-state index contributed by atoms with van der Waals surface area (Å²) in [5, 5.41) is 15.6. The highest BCUT2D eigenvalue weighted by Gasteiger charge is 2.47. The van der Waals surface area contributed by atoms with Gasteiger partial charge in [-0.15, -0.1) is 0 Å². The van der Waals surface area contributed by atoms with Crippen molar-refractivity contribution >= 4 is 5.95 Å². The van der Waals surface area contributed by atoms with Crippen LogP contribution in [0.4, 0.5) is 5.95 Å². The maximum absolute atomic E-state index is 12.2. The first-order valence-electron chi connectivity index (χ1n) is 11.2. The van der Waals surface area contributed by atoms with Gasteiger partial charge in [0.25, 0.3) is 5.56 Å². The van der Waals surface area contributed by atoms with Gasteiger partial charge in [0.2, 0.25) is 5.95 Å². The lowest BCUT2D eigenvalue weighted by Gasteiger charge is -2.43. The SMILES string of the molecule is Cc1ccc(=O)n(CC2(O)C[C@@H]3CC[C@@H](C2)N3Cc2cnc(N3CCOCC3)nc2)n1. The molecule has 31 heavy (non-hydrogen) atoms. The molecule has 0 aromatic carbocycles. The van der Waals surface area contributed by atoms with Crippen molar-refractivity contribution in [3.8, 4) is 0 Å². The molecule has 0 spiro atoms. The van der Waals surface area contributed by atoms with Gasteiger partial charge in [0, 0.05) is 55.7 Å². The Morgan fingerprint density at radius 2 is 1.81 bits per heavy atom. The van der Waals surface area contributed by atoms with Crippen molar-refractivity contribution in [1.82, 2.24) is 24.6 Å². The van der Waals surface area contributed by atoms with E-state index >= 15 is 0 Å². The van der Waals surface area contributed by atoms with Crippen LogP contribution in [0.2, 0.25) is 0 Å². The van der Waals surface area contributed by atoms with Gasteiger partial charge in [-0.2, -0.15) is 5.10 Å². The highest BCUT2D eigenvalue weighted by molar-refractivity contribution is 5.30. The fourth-order valence-electron chi connectivity index (χ4n) is 5.31. The molecule has 0 radical (unpaired) electrons. The zero-order valence-corrected chi connectivity index (χ0v) is 18.0. The number of piperidine rings is 1. The molecule has 0 amide bonds. The molecule has 2 bridgehead atoms. The zero-order valence-electron chi connectivity index (χ0n) is 18.0. The van der Waals surface area contributed by atoms with Crippen LogP contribution in [0.1, 0.15) is 36.9 Å². The minimum Gasteiger partial charge on any atom is -0.388 e. The van der Waals surface area contributed by atoms with E-state index in [0.717, 1.165) is 62.9 Å². The zero-order chi connectivity index (χ0) is 21.4. The van der Waals surface area contributed by atoms with E-state index in [4.69, 9.17) is 4.74 Å². The molecule has 2 aromatic rings. The summed E-state index contributed by atoms with van der Waals surface area (Å²) in [6.45, 7) is 5.99. The van der Waals surface area contributed by atoms with Crippen molar-refractivity contribution in [3.63, 3.8) is 0 Å². The van der Waals surface area contributed by atoms with Crippen LogP contribution in [0, 0.1) is 6.92 Å². The lowest BCUT2D eigenvalue weighted by molar-refractivity contribution is -0.0678. The maximum Gasteiger partial charge on any atom is 0.266 e. The first-order valence-corrected chi connectivity index (χ1v) is 11.2. The van der Waals surface area contributed by atoms with Crippen LogP contribution in [0.25, 0.3) is 0 Å². The number of morpholine rings is 1. The van der Waals surface area contributed by atoms with E-state index in [0.29, 0.717) is 24.9 Å². The van der Waals surface area contributed by atoms with Crippen LogP contribution in [0.3, 0.4) is 0 Å². The number of rotatable bonds is 5. The van der Waals surface area contributed by atoms with Gasteiger partial charge in [0.1, 0.15) is 0 Å². The van der Waals surface area contributed by atoms with Crippen LogP contribution < -0.4 is 10.5 Å². The fourth-order valence-corrected chi connectivity index (χ4v) is 5.31. The molecule has 0 aliphatic carbocycles. The molecular formula is C22H30N6O3. The van der Waals surface area contributed by atoms with Gasteiger partial charge in [-0.25, -0.2) is 14.6 Å². The first-order chi connectivity index (χ1) is 15.0. The normalized spacial score (nSPS) is 28.8. The molecule has 3 saturated heterocycles. The predicted octanol–water partition coefficient (Wildman–Crippen LogP) is 0.736. The Kier molecular flexibility index (Phi) is 5.49. The van der Waals surface area contributed by atoms with Crippen molar-refractivity contribution < 1.29 is 9.84 Å². The summed E-state index contributed by atoms with van der Waals surface area (Å²) in [4.78, 5) is 26.0. The summed E-state index contributed by atoms with van der Waals surface area (Å²) in [6, 6.07) is 3.82. The van der Waals surface area contributed by atoms with Crippen LogP contribution >= 0.6 is 0 Å². The standard InChI is InChI=1S/C22H30N6O3/c1-16-2-5-20(29)28(25-16)15-22(30)10-18-3-4-19(11-22)27(18)14-17-12-23-21(24-13-17)26-6-8-31-9-7-26/h2,5,12-13,18-19,30H,3-4,6-11,14-15H2,1H3/t18-,19-/m0/s1. The number of hydrogen-bond donors (Lipinski definition) is 1. The average Bonchev–Trinajstić information content (AvgIpc) is 3.01. The highest BCUT2D eigenvalue weighted by atomic mass is 16.5. The van der Waals surface area contributed by atoms with Gasteiger partial charge in [-0.05, 0) is 38.7 Å². The predicted molar refractivity (Wildman–Crippen MR) is 115 cm³/mol. The molecule has 9 heteroatoms. The number of anilines is 1. The maximum atomic E-state index is 12.2. The molecule has 0 saturated carbocycles. The molecule has 3 aliphatic rings. The second-order valence-corrected chi connectivity index (χ2v) is 9.15. The Labute approximate surface area is 181 Å². The fraction of sp³-hybridized carbons (Fsp3) is 0.636. The molecule has 9 nitrogen and oxygen atoms in total. The second-order valence-electron chi connectivity index (χ2n) is 9.15. The Hall–Kier alpha value is -2.36. The molecular weight excluding hydrogens is 396 g/mol. The van der Waals surface area contributed by atoms with Gasteiger partial charge >= 0.3 is 0 Å². The third-order valence-electron chi connectivity index (χ3n) is 6.80. The van der Waals surface area contributed by atoms with Crippen LogP contribution in [-0.2, 0) is 17.8 Å². The molecule has 3 fully saturated rings. The summed E-state index contributed by atoms with van der Waals surface area (Å²) in [7, 11) is 0. The topological polar surface area (TPSA) is 96.6 Å². The molecule has 0 unspecified atom stereocenters. The molecule has 5 heterocycles. The molecule has 2 atom stereocenters. The Bertz CT molecular complexity index is 958. The Morgan fingerprint density at radius 1 is 1.13 bits per heavy atom. The Balaban J connectivity index is 1.25. The van der Waals surface area contributed by atoms with Crippen LogP contribution in [0.15, 0.2) is 29.3 Å². The number of aromatic nitrogens is 4. The van der Waals surface area contributed by atoms with Crippen molar-refractivity contribution in [1.29, 1.82) is 0 Å². The summed E-state index contributed by atoms with van der Waals surface area (Å²) in [6.07, 6.45) is 7.28. The number of ether oxygens (including phenoxy) is 1. The summed E-state index contributed by atoms with van der Waals surface area (Å²) >= 11 is 0. The van der Waals surface area contributed by atoms with Crippen LogP contribution in [0.5, 0.6) is 0 Å². The smallest absolute Gasteiger partial charge is 0.266 e. The Morgan fingerprint density at radius 3 is 2.48 bits per heavy atom.